The average Bonchev–Trinajstić information content (AvgIpc) is 2.13. The summed E-state index contributed by atoms with van der Waals surface area (Å²) in [5.41, 5.74) is 0. The van der Waals surface area contributed by atoms with Crippen LogP contribution in [-0.4, -0.2) is 36.3 Å². The fourth-order valence-corrected chi connectivity index (χ4v) is 0.669. The first kappa shape index (κ1) is 6.22. The molecule has 0 aromatic rings. The molecular weight excluding hydrogens is 118 g/mol. The van der Waals surface area contributed by atoms with Crippen molar-refractivity contribution in [3.8, 4) is 0 Å². The Labute approximate surface area is 53.7 Å². The molecule has 0 aromatic carbocycles. The Balaban J connectivity index is 2.59. The van der Waals surface area contributed by atoms with Crippen LogP contribution in [-0.2, 0) is 4.79 Å². The molecule has 0 spiro atoms. The molecule has 0 bridgehead atoms. The molecular formula is C5H9N3O. The number of carbonyl (C=O) groups excluding carboxylic acids is 1. The first-order valence-electron chi connectivity index (χ1n) is 2.74. The van der Waals surface area contributed by atoms with E-state index in [4.69, 9.17) is 0 Å². The van der Waals surface area contributed by atoms with E-state index >= 15 is 0 Å². The minimum Gasteiger partial charge on any atom is -0.271 e. The van der Waals surface area contributed by atoms with Crippen molar-refractivity contribution in [2.24, 2.45) is 5.10 Å². The van der Waals surface area contributed by atoms with Crippen LogP contribution in [0.2, 0.25) is 0 Å². The highest BCUT2D eigenvalue weighted by Gasteiger charge is 2.17. The number of hydrazine groups is 1. The van der Waals surface area contributed by atoms with Gasteiger partial charge in [0.2, 0.25) is 0 Å². The van der Waals surface area contributed by atoms with Crippen LogP contribution in [0.25, 0.3) is 0 Å². The van der Waals surface area contributed by atoms with Gasteiger partial charge in [0.05, 0.1) is 6.42 Å². The van der Waals surface area contributed by atoms with Crippen molar-refractivity contribution in [1.82, 2.24) is 10.1 Å². The summed E-state index contributed by atoms with van der Waals surface area (Å²) in [7, 11) is 3.56. The second-order valence-corrected chi connectivity index (χ2v) is 2.03. The molecule has 0 fully saturated rings. The van der Waals surface area contributed by atoms with Crippen LogP contribution in [0.4, 0.5) is 0 Å². The molecule has 9 heavy (non-hydrogen) atoms. The molecule has 0 saturated heterocycles. The third-order valence-corrected chi connectivity index (χ3v) is 1.06. The first-order valence-corrected chi connectivity index (χ1v) is 2.74. The van der Waals surface area contributed by atoms with Crippen molar-refractivity contribution < 1.29 is 4.79 Å². The van der Waals surface area contributed by atoms with Gasteiger partial charge >= 0.3 is 0 Å². The largest absolute Gasteiger partial charge is 0.271 e. The number of nitrogens with zero attached hydrogens (tertiary/aromatic N) is 3. The number of rotatable bonds is 1. The molecule has 1 aliphatic rings. The number of hydrazone groups is 1. The first-order chi connectivity index (χ1) is 4.22. The van der Waals surface area contributed by atoms with Gasteiger partial charge in [0.15, 0.2) is 0 Å². The second-order valence-electron chi connectivity index (χ2n) is 2.03. The van der Waals surface area contributed by atoms with Crippen LogP contribution in [0.3, 0.4) is 0 Å². The van der Waals surface area contributed by atoms with Crippen molar-refractivity contribution >= 4 is 12.1 Å². The van der Waals surface area contributed by atoms with E-state index in [2.05, 4.69) is 5.10 Å². The minimum atomic E-state index is 0.0278. The van der Waals surface area contributed by atoms with Crippen LogP contribution in [0.1, 0.15) is 6.42 Å². The molecule has 0 aromatic heterocycles. The van der Waals surface area contributed by atoms with Crippen molar-refractivity contribution in [2.45, 2.75) is 6.42 Å². The monoisotopic (exact) mass is 127 g/mol. The third kappa shape index (κ3) is 1.08. The Hall–Kier alpha value is -0.900. The highest BCUT2D eigenvalue weighted by molar-refractivity contribution is 5.93. The quantitative estimate of drug-likeness (QED) is 0.484. The molecule has 0 atom stereocenters. The van der Waals surface area contributed by atoms with E-state index in [0.29, 0.717) is 6.42 Å². The van der Waals surface area contributed by atoms with Gasteiger partial charge in [0, 0.05) is 20.3 Å². The van der Waals surface area contributed by atoms with Crippen LogP contribution in [0.15, 0.2) is 5.10 Å². The van der Waals surface area contributed by atoms with Gasteiger partial charge in [-0.3, -0.25) is 4.79 Å². The van der Waals surface area contributed by atoms with Gasteiger partial charge in [-0.15, -0.1) is 0 Å². The van der Waals surface area contributed by atoms with Crippen LogP contribution < -0.4 is 0 Å². The molecule has 1 rings (SSSR count). The number of hydrogen-bond donors (Lipinski definition) is 0. The van der Waals surface area contributed by atoms with Gasteiger partial charge in [-0.05, 0) is 0 Å². The summed E-state index contributed by atoms with van der Waals surface area (Å²) >= 11 is 0. The normalized spacial score (nSPS) is 18.1. The molecule has 4 nitrogen and oxygen atoms in total. The predicted octanol–water partition coefficient (Wildman–Crippen LogP) is -0.319. The molecule has 1 aliphatic heterocycles. The predicted molar refractivity (Wildman–Crippen MR) is 33.6 cm³/mol. The van der Waals surface area contributed by atoms with Gasteiger partial charge < -0.3 is 0 Å². The Kier molecular flexibility index (Phi) is 1.48. The van der Waals surface area contributed by atoms with Crippen molar-refractivity contribution in [3.63, 3.8) is 0 Å². The van der Waals surface area contributed by atoms with Gasteiger partial charge in [-0.25, -0.2) is 5.01 Å². The molecule has 0 saturated carbocycles. The topological polar surface area (TPSA) is 35.9 Å². The Bertz CT molecular complexity index is 152. The van der Waals surface area contributed by atoms with Gasteiger partial charge in [-0.2, -0.15) is 10.2 Å². The summed E-state index contributed by atoms with van der Waals surface area (Å²) in [6.07, 6.45) is 2.03. The maximum atomic E-state index is 10.8. The summed E-state index contributed by atoms with van der Waals surface area (Å²) in [5, 5.41) is 6.78. The zero-order chi connectivity index (χ0) is 6.85. The number of amides is 1. The molecule has 4 heteroatoms. The zero-order valence-corrected chi connectivity index (χ0v) is 5.53. The van der Waals surface area contributed by atoms with E-state index in [9.17, 15) is 4.79 Å². The minimum absolute atomic E-state index is 0.0278. The molecule has 0 aliphatic carbocycles. The molecule has 1 heterocycles. The fraction of sp³-hybridized carbons (Fsp3) is 0.600. The SMILES string of the molecule is CN(C)N1N=CCC1=O. The second kappa shape index (κ2) is 2.14. The standard InChI is InChI=1S/C5H9N3O/c1-7(2)8-5(9)3-4-6-8/h4H,3H2,1-2H3. The lowest BCUT2D eigenvalue weighted by molar-refractivity contribution is -0.141. The van der Waals surface area contributed by atoms with Gasteiger partial charge in [0.25, 0.3) is 5.91 Å². The number of carbonyl (C=O) groups is 1. The Morgan fingerprint density at radius 1 is 1.78 bits per heavy atom. The summed E-state index contributed by atoms with van der Waals surface area (Å²) in [6.45, 7) is 0. The summed E-state index contributed by atoms with van der Waals surface area (Å²) in [5.74, 6) is 0.0278. The van der Waals surface area contributed by atoms with E-state index in [-0.39, 0.29) is 5.91 Å². The smallest absolute Gasteiger partial charge is 0.263 e. The summed E-state index contributed by atoms with van der Waals surface area (Å²) in [4.78, 5) is 10.8. The summed E-state index contributed by atoms with van der Waals surface area (Å²) in [6, 6.07) is 0. The molecule has 1 amide bonds. The van der Waals surface area contributed by atoms with E-state index in [1.54, 1.807) is 25.3 Å². The van der Waals surface area contributed by atoms with Crippen molar-refractivity contribution in [2.75, 3.05) is 14.1 Å². The van der Waals surface area contributed by atoms with Gasteiger partial charge in [0.1, 0.15) is 0 Å². The lowest BCUT2D eigenvalue weighted by Crippen LogP contribution is -2.34. The lowest BCUT2D eigenvalue weighted by Gasteiger charge is -2.18. The lowest BCUT2D eigenvalue weighted by atomic mass is 10.5. The maximum absolute atomic E-state index is 10.8. The highest BCUT2D eigenvalue weighted by Crippen LogP contribution is 2.01. The van der Waals surface area contributed by atoms with Crippen LogP contribution >= 0.6 is 0 Å². The van der Waals surface area contributed by atoms with Crippen molar-refractivity contribution in [3.05, 3.63) is 0 Å². The molecule has 0 N–H and O–H groups in total. The Morgan fingerprint density at radius 3 is 2.67 bits per heavy atom. The van der Waals surface area contributed by atoms with E-state index in [1.165, 1.54) is 5.12 Å². The Morgan fingerprint density at radius 2 is 2.44 bits per heavy atom. The van der Waals surface area contributed by atoms with Crippen molar-refractivity contribution in [1.29, 1.82) is 0 Å². The van der Waals surface area contributed by atoms with E-state index < -0.39 is 0 Å². The van der Waals surface area contributed by atoms with E-state index in [1.807, 2.05) is 0 Å². The number of hydrogen-bond acceptors (Lipinski definition) is 3. The molecule has 0 unspecified atom stereocenters. The fourth-order valence-electron chi connectivity index (χ4n) is 0.669. The van der Waals surface area contributed by atoms with Crippen LogP contribution in [0, 0.1) is 0 Å². The van der Waals surface area contributed by atoms with Crippen LogP contribution in [0.5, 0.6) is 0 Å². The van der Waals surface area contributed by atoms with E-state index in [0.717, 1.165) is 0 Å². The zero-order valence-electron chi connectivity index (χ0n) is 5.53. The molecule has 50 valence electrons. The highest BCUT2D eigenvalue weighted by atomic mass is 16.2. The third-order valence-electron chi connectivity index (χ3n) is 1.06. The molecule has 0 radical (unpaired) electrons. The average molecular weight is 127 g/mol. The van der Waals surface area contributed by atoms with Gasteiger partial charge in [-0.1, -0.05) is 0 Å². The summed E-state index contributed by atoms with van der Waals surface area (Å²) < 4.78 is 0. The maximum Gasteiger partial charge on any atom is 0.263 e.